The lowest BCUT2D eigenvalue weighted by Crippen LogP contribution is -2.10. The van der Waals surface area contributed by atoms with Crippen molar-refractivity contribution in [1.82, 2.24) is 4.98 Å². The Morgan fingerprint density at radius 3 is 2.80 bits per heavy atom. The van der Waals surface area contributed by atoms with E-state index < -0.39 is 0 Å². The lowest BCUT2D eigenvalue weighted by molar-refractivity contribution is 1.30. The first-order valence-corrected chi connectivity index (χ1v) is 4.10. The van der Waals surface area contributed by atoms with E-state index in [4.69, 9.17) is 18.0 Å². The van der Waals surface area contributed by atoms with Gasteiger partial charge in [0, 0.05) is 21.5 Å². The van der Waals surface area contributed by atoms with Gasteiger partial charge in [-0.2, -0.15) is 0 Å². The van der Waals surface area contributed by atoms with Crippen LogP contribution in [0.1, 0.15) is 5.56 Å². The molecule has 4 heteroatoms. The average molecular weight is 264 g/mol. The molecule has 10 heavy (non-hydrogen) atoms. The van der Waals surface area contributed by atoms with Gasteiger partial charge in [0.25, 0.3) is 0 Å². The van der Waals surface area contributed by atoms with Crippen LogP contribution in [0.5, 0.6) is 0 Å². The predicted octanol–water partition coefficient (Wildman–Crippen LogP) is 1.32. The van der Waals surface area contributed by atoms with Crippen molar-refractivity contribution >= 4 is 39.8 Å². The maximum absolute atomic E-state index is 5.41. The van der Waals surface area contributed by atoms with Gasteiger partial charge in [-0.05, 0) is 28.7 Å². The van der Waals surface area contributed by atoms with Crippen molar-refractivity contribution in [3.8, 4) is 0 Å². The highest BCUT2D eigenvalue weighted by molar-refractivity contribution is 14.1. The minimum absolute atomic E-state index is 0.423. The molecular formula is C6H5IN2S. The summed E-state index contributed by atoms with van der Waals surface area (Å²) in [4.78, 5) is 4.33. The molecule has 52 valence electrons. The molecule has 1 rings (SSSR count). The van der Waals surface area contributed by atoms with Gasteiger partial charge in [0.1, 0.15) is 4.99 Å². The molecule has 0 spiro atoms. The molecule has 0 amide bonds. The Kier molecular flexibility index (Phi) is 2.56. The Hall–Kier alpha value is -0.230. The summed E-state index contributed by atoms with van der Waals surface area (Å²) in [6.45, 7) is 0. The molecule has 2 nitrogen and oxygen atoms in total. The third-order valence-electron chi connectivity index (χ3n) is 1.04. The zero-order valence-electron chi connectivity index (χ0n) is 5.04. The quantitative estimate of drug-likeness (QED) is 0.614. The van der Waals surface area contributed by atoms with Gasteiger partial charge in [-0.15, -0.1) is 0 Å². The number of nitrogens with two attached hydrogens (primary N) is 1. The molecule has 2 N–H and O–H groups in total. The number of nitrogens with zero attached hydrogens (tertiary/aromatic N) is 1. The molecule has 0 aliphatic carbocycles. The lowest BCUT2D eigenvalue weighted by Gasteiger charge is -1.98. The second kappa shape index (κ2) is 3.25. The fourth-order valence-corrected chi connectivity index (χ4v) is 1.57. The second-order valence-corrected chi connectivity index (χ2v) is 3.32. The maximum atomic E-state index is 5.41. The largest absolute Gasteiger partial charge is 0.389 e. The van der Waals surface area contributed by atoms with Gasteiger partial charge < -0.3 is 5.73 Å². The number of halogens is 1. The summed E-state index contributed by atoms with van der Waals surface area (Å²) in [6.07, 6.45) is 3.41. The van der Waals surface area contributed by atoms with Gasteiger partial charge in [0.2, 0.25) is 0 Å². The summed E-state index contributed by atoms with van der Waals surface area (Å²) in [6, 6.07) is 1.81. The van der Waals surface area contributed by atoms with Crippen molar-refractivity contribution in [3.63, 3.8) is 0 Å². The molecule has 0 atom stereocenters. The molecule has 0 bridgehead atoms. The molecule has 1 heterocycles. The molecular weight excluding hydrogens is 259 g/mol. The smallest absolute Gasteiger partial charge is 0.105 e. The van der Waals surface area contributed by atoms with Crippen molar-refractivity contribution < 1.29 is 0 Å². The highest BCUT2D eigenvalue weighted by Crippen LogP contribution is 2.08. The van der Waals surface area contributed by atoms with Crippen LogP contribution >= 0.6 is 34.8 Å². The number of hydrogen-bond acceptors (Lipinski definition) is 2. The SMILES string of the molecule is NC(=S)c1ccncc1I. The average Bonchev–Trinajstić information content (AvgIpc) is 1.88. The molecule has 1 aromatic rings. The molecule has 0 saturated carbocycles. The molecule has 0 saturated heterocycles. The Morgan fingerprint density at radius 2 is 2.40 bits per heavy atom. The first-order valence-electron chi connectivity index (χ1n) is 2.61. The molecule has 1 aromatic heterocycles. The van der Waals surface area contributed by atoms with E-state index in [9.17, 15) is 0 Å². The van der Waals surface area contributed by atoms with E-state index in [1.54, 1.807) is 12.4 Å². The van der Waals surface area contributed by atoms with Gasteiger partial charge in [-0.1, -0.05) is 12.2 Å². The number of hydrogen-bond donors (Lipinski definition) is 1. The van der Waals surface area contributed by atoms with Crippen LogP contribution in [-0.2, 0) is 0 Å². The minimum atomic E-state index is 0.423. The fraction of sp³-hybridized carbons (Fsp3) is 0. The highest BCUT2D eigenvalue weighted by atomic mass is 127. The van der Waals surface area contributed by atoms with Crippen LogP contribution in [0.2, 0.25) is 0 Å². The summed E-state index contributed by atoms with van der Waals surface area (Å²) in [7, 11) is 0. The van der Waals surface area contributed by atoms with Crippen LogP contribution in [0.15, 0.2) is 18.5 Å². The standard InChI is InChI=1S/C6H5IN2S/c7-5-3-9-2-1-4(5)6(8)10/h1-3H,(H2,8,10). The van der Waals surface area contributed by atoms with Crippen molar-refractivity contribution in [3.05, 3.63) is 27.6 Å². The number of pyridine rings is 1. The summed E-state index contributed by atoms with van der Waals surface area (Å²) in [5.74, 6) is 0. The summed E-state index contributed by atoms with van der Waals surface area (Å²) >= 11 is 6.94. The van der Waals surface area contributed by atoms with E-state index >= 15 is 0 Å². The Labute approximate surface area is 78.0 Å². The van der Waals surface area contributed by atoms with E-state index in [1.807, 2.05) is 6.07 Å². The van der Waals surface area contributed by atoms with Crippen molar-refractivity contribution in [2.24, 2.45) is 5.73 Å². The Morgan fingerprint density at radius 1 is 1.70 bits per heavy atom. The fourth-order valence-electron chi connectivity index (χ4n) is 0.575. The molecule has 0 aliphatic rings. The second-order valence-electron chi connectivity index (χ2n) is 1.72. The van der Waals surface area contributed by atoms with Crippen LogP contribution in [-0.4, -0.2) is 9.97 Å². The summed E-state index contributed by atoms with van der Waals surface area (Å²) < 4.78 is 0.993. The number of thiocarbonyl (C=S) groups is 1. The number of rotatable bonds is 1. The summed E-state index contributed by atoms with van der Waals surface area (Å²) in [5, 5.41) is 0. The molecule has 0 fully saturated rings. The third kappa shape index (κ3) is 1.63. The first kappa shape index (κ1) is 7.87. The third-order valence-corrected chi connectivity index (χ3v) is 2.12. The van der Waals surface area contributed by atoms with Gasteiger partial charge in [-0.3, -0.25) is 4.98 Å². The highest BCUT2D eigenvalue weighted by Gasteiger charge is 1.99. The molecule has 0 aliphatic heterocycles. The Bertz CT molecular complexity index is 262. The van der Waals surface area contributed by atoms with Gasteiger partial charge in [-0.25, -0.2) is 0 Å². The zero-order chi connectivity index (χ0) is 7.56. The maximum Gasteiger partial charge on any atom is 0.105 e. The zero-order valence-corrected chi connectivity index (χ0v) is 8.02. The topological polar surface area (TPSA) is 38.9 Å². The number of aromatic nitrogens is 1. The molecule has 0 radical (unpaired) electrons. The summed E-state index contributed by atoms with van der Waals surface area (Å²) in [5.41, 5.74) is 6.31. The van der Waals surface area contributed by atoms with E-state index in [0.29, 0.717) is 4.99 Å². The van der Waals surface area contributed by atoms with Crippen LogP contribution < -0.4 is 5.73 Å². The van der Waals surface area contributed by atoms with Gasteiger partial charge >= 0.3 is 0 Å². The lowest BCUT2D eigenvalue weighted by atomic mass is 10.3. The van der Waals surface area contributed by atoms with Crippen LogP contribution in [0, 0.1) is 3.57 Å². The van der Waals surface area contributed by atoms with E-state index in [1.165, 1.54) is 0 Å². The van der Waals surface area contributed by atoms with Crippen molar-refractivity contribution in [1.29, 1.82) is 0 Å². The van der Waals surface area contributed by atoms with Gasteiger partial charge in [0.05, 0.1) is 0 Å². The predicted molar refractivity (Wildman–Crippen MR) is 52.8 cm³/mol. The molecule has 0 aromatic carbocycles. The van der Waals surface area contributed by atoms with Crippen LogP contribution in [0.4, 0.5) is 0 Å². The van der Waals surface area contributed by atoms with E-state index in [0.717, 1.165) is 9.13 Å². The molecule has 0 unspecified atom stereocenters. The Balaban J connectivity index is 3.15. The first-order chi connectivity index (χ1) is 4.72. The van der Waals surface area contributed by atoms with Crippen molar-refractivity contribution in [2.45, 2.75) is 0 Å². The van der Waals surface area contributed by atoms with Gasteiger partial charge in [0.15, 0.2) is 0 Å². The minimum Gasteiger partial charge on any atom is -0.389 e. The van der Waals surface area contributed by atoms with E-state index in [-0.39, 0.29) is 0 Å². The van der Waals surface area contributed by atoms with Crippen LogP contribution in [0.25, 0.3) is 0 Å². The monoisotopic (exact) mass is 264 g/mol. The normalized spacial score (nSPS) is 9.30. The van der Waals surface area contributed by atoms with Crippen molar-refractivity contribution in [2.75, 3.05) is 0 Å². The van der Waals surface area contributed by atoms with Crippen LogP contribution in [0.3, 0.4) is 0 Å². The van der Waals surface area contributed by atoms with E-state index in [2.05, 4.69) is 27.6 Å².